The fraction of sp³-hybridized carbons (Fsp3) is 0.581. The lowest BCUT2D eigenvalue weighted by molar-refractivity contribution is -0.140. The zero-order valence-corrected chi connectivity index (χ0v) is 28.9. The Morgan fingerprint density at radius 3 is 2.43 bits per heavy atom. The number of hydrogen-bond acceptors (Lipinski definition) is 6. The second-order valence-corrected chi connectivity index (χ2v) is 15.2. The lowest BCUT2D eigenvalue weighted by Gasteiger charge is -2.47. The number of carbonyl (C=O) groups excluding carboxylic acids is 2. The topological polar surface area (TPSA) is 99.7 Å². The van der Waals surface area contributed by atoms with Crippen LogP contribution in [0.25, 0.3) is 0 Å². The smallest absolute Gasteiger partial charge is 0.407 e. The lowest BCUT2D eigenvalue weighted by atomic mass is 9.82. The number of carbonyl (C=O) groups is 3. The molecule has 1 aromatic heterocycles. The van der Waals surface area contributed by atoms with Gasteiger partial charge in [-0.15, -0.1) is 11.3 Å². The van der Waals surface area contributed by atoms with Gasteiger partial charge in [0, 0.05) is 64.7 Å². The molecule has 3 fully saturated rings. The first-order chi connectivity index (χ1) is 21.2. The van der Waals surface area contributed by atoms with E-state index in [1.54, 1.807) is 11.3 Å². The summed E-state index contributed by atoms with van der Waals surface area (Å²) in [5.74, 6) is -0.561. The summed E-state index contributed by atoms with van der Waals surface area (Å²) in [6.45, 7) is 5.95. The highest BCUT2D eigenvalue weighted by Crippen LogP contribution is 2.36. The number of halogens is 2. The van der Waals surface area contributed by atoms with Crippen LogP contribution in [0.5, 0.6) is 0 Å². The molecule has 44 heavy (non-hydrogen) atoms. The van der Waals surface area contributed by atoms with Crippen LogP contribution in [-0.2, 0) is 17.8 Å². The van der Waals surface area contributed by atoms with E-state index >= 15 is 0 Å². The number of urea groups is 1. The van der Waals surface area contributed by atoms with Crippen molar-refractivity contribution in [1.29, 1.82) is 0 Å². The van der Waals surface area contributed by atoms with Crippen molar-refractivity contribution in [2.24, 2.45) is 5.92 Å². The van der Waals surface area contributed by atoms with Crippen molar-refractivity contribution in [1.82, 2.24) is 24.5 Å². The summed E-state index contributed by atoms with van der Waals surface area (Å²) in [4.78, 5) is 51.5. The Labute approximate surface area is 279 Å². The Morgan fingerprint density at radius 1 is 1.00 bits per heavy atom. The number of hydrogen-bond donors (Lipinski definition) is 2. The molecule has 2 N–H and O–H groups in total. The maximum atomic E-state index is 14.5. The summed E-state index contributed by atoms with van der Waals surface area (Å²) in [7, 11) is 2.17. The summed E-state index contributed by atoms with van der Waals surface area (Å²) in [6, 6.07) is 7.55. The largest absolute Gasteiger partial charge is 0.465 e. The first-order valence-electron chi connectivity index (χ1n) is 15.5. The molecule has 2 unspecified atom stereocenters. The van der Waals surface area contributed by atoms with Crippen LogP contribution in [0.2, 0.25) is 0 Å². The Morgan fingerprint density at radius 2 is 1.73 bits per heavy atom. The number of likely N-dealkylation sites (tertiary alicyclic amines) is 2. The van der Waals surface area contributed by atoms with E-state index in [9.17, 15) is 19.5 Å². The van der Waals surface area contributed by atoms with Crippen molar-refractivity contribution in [3.05, 3.63) is 49.0 Å². The number of nitrogens with one attached hydrogen (secondary N) is 1. The fourth-order valence-electron chi connectivity index (χ4n) is 7.37. The van der Waals surface area contributed by atoms with Gasteiger partial charge in [0.15, 0.2) is 0 Å². The molecule has 10 nitrogen and oxygen atoms in total. The first-order valence-corrected chi connectivity index (χ1v) is 17.9. The molecule has 1 aromatic carbocycles. The zero-order valence-electron chi connectivity index (χ0n) is 25.0. The third-order valence-electron chi connectivity index (χ3n) is 9.92. The average Bonchev–Trinajstić information content (AvgIpc) is 3.48. The van der Waals surface area contributed by atoms with Crippen LogP contribution < -0.4 is 5.32 Å². The van der Waals surface area contributed by atoms with E-state index in [4.69, 9.17) is 0 Å². The zero-order chi connectivity index (χ0) is 31.0. The van der Waals surface area contributed by atoms with Gasteiger partial charge >= 0.3 is 12.1 Å². The van der Waals surface area contributed by atoms with Gasteiger partial charge in [-0.1, -0.05) is 6.07 Å². The van der Waals surface area contributed by atoms with E-state index in [0.29, 0.717) is 44.9 Å². The third-order valence-corrected chi connectivity index (χ3v) is 12.7. The average molecular weight is 753 g/mol. The van der Waals surface area contributed by atoms with E-state index < -0.39 is 18.1 Å². The second kappa shape index (κ2) is 13.7. The molecule has 3 saturated heterocycles. The highest BCUT2D eigenvalue weighted by molar-refractivity contribution is 9.13. The molecule has 238 valence electrons. The predicted molar refractivity (Wildman–Crippen MR) is 178 cm³/mol. The monoisotopic (exact) mass is 750 g/mol. The number of piperazine rings is 1. The Bertz CT molecular complexity index is 1380. The van der Waals surface area contributed by atoms with Crippen molar-refractivity contribution >= 4 is 66.9 Å². The molecule has 2 aromatic rings. The number of anilines is 1. The Balaban J connectivity index is 1.24. The van der Waals surface area contributed by atoms with Gasteiger partial charge in [0.1, 0.15) is 0 Å². The normalized spacial score (nSPS) is 24.6. The molecule has 0 aliphatic carbocycles. The Kier molecular flexibility index (Phi) is 9.87. The Hall–Kier alpha value is -2.19. The maximum absolute atomic E-state index is 14.5. The van der Waals surface area contributed by atoms with E-state index in [-0.39, 0.29) is 24.5 Å². The van der Waals surface area contributed by atoms with Gasteiger partial charge in [-0.05, 0) is 113 Å². The lowest BCUT2D eigenvalue weighted by Crippen LogP contribution is -2.60. The van der Waals surface area contributed by atoms with Crippen molar-refractivity contribution < 1.29 is 19.5 Å². The van der Waals surface area contributed by atoms with Gasteiger partial charge in [-0.25, -0.2) is 9.59 Å². The van der Waals surface area contributed by atoms with Crippen molar-refractivity contribution in [3.8, 4) is 0 Å². The van der Waals surface area contributed by atoms with E-state index in [1.165, 1.54) is 4.90 Å². The van der Waals surface area contributed by atoms with Crippen molar-refractivity contribution in [3.63, 3.8) is 0 Å². The fourth-order valence-corrected chi connectivity index (χ4v) is 8.87. The van der Waals surface area contributed by atoms with Crippen LogP contribution >= 0.6 is 43.2 Å². The van der Waals surface area contributed by atoms with E-state index in [0.717, 1.165) is 64.1 Å². The third kappa shape index (κ3) is 6.81. The van der Waals surface area contributed by atoms with Gasteiger partial charge in [0.05, 0.1) is 18.2 Å². The van der Waals surface area contributed by atoms with Crippen LogP contribution in [0.15, 0.2) is 38.6 Å². The van der Waals surface area contributed by atoms with Crippen LogP contribution in [0.3, 0.4) is 0 Å². The molecule has 0 bridgehead atoms. The molecule has 0 saturated carbocycles. The molecule has 5 heterocycles. The summed E-state index contributed by atoms with van der Waals surface area (Å²) in [5.41, 5.74) is 1.82. The van der Waals surface area contributed by atoms with Crippen molar-refractivity contribution in [2.45, 2.75) is 56.8 Å². The molecule has 13 heteroatoms. The first kappa shape index (κ1) is 31.8. The number of rotatable bonds is 6. The standard InChI is InChI=1S/C31H40Br2N6O4S/c1-35-8-4-21(5-9-35)36-11-13-37(14-12-36)29(40)23(16-20-2-3-24(32)25(33)17-20)27-18-22(6-10-38(27)31(42)43)39-19-28-26(7-15-44-28)34-30(39)41/h2-3,7,15,17,21-23,27H,4-6,8-14,16,18-19H2,1H3,(H,34,41)(H,42,43)/t22?,23?,27-/m1/s1. The molecular weight excluding hydrogens is 712 g/mol. The quantitative estimate of drug-likeness (QED) is 0.420. The van der Waals surface area contributed by atoms with Gasteiger partial charge in [0.2, 0.25) is 5.91 Å². The number of benzene rings is 1. The van der Waals surface area contributed by atoms with Crippen LogP contribution in [0.4, 0.5) is 15.3 Å². The van der Waals surface area contributed by atoms with Gasteiger partial charge in [0.25, 0.3) is 0 Å². The number of thiophene rings is 1. The predicted octanol–water partition coefficient (Wildman–Crippen LogP) is 5.23. The second-order valence-electron chi connectivity index (χ2n) is 12.5. The van der Waals surface area contributed by atoms with Gasteiger partial charge in [-0.2, -0.15) is 0 Å². The van der Waals surface area contributed by atoms with Crippen LogP contribution in [0, 0.1) is 5.92 Å². The number of amides is 4. The summed E-state index contributed by atoms with van der Waals surface area (Å²) in [6.07, 6.45) is 2.67. The highest BCUT2D eigenvalue weighted by Gasteiger charge is 2.44. The molecule has 0 radical (unpaired) electrons. The highest BCUT2D eigenvalue weighted by atomic mass is 79.9. The SMILES string of the molecule is CN1CCC(N2CCN(C(=O)C(Cc3ccc(Br)c(Br)c3)[C@H]3CC(N4Cc5sccc5NC4=O)CCN3C(=O)O)CC2)CC1. The molecule has 4 aliphatic rings. The number of fused-ring (bicyclic) bond motifs is 1. The summed E-state index contributed by atoms with van der Waals surface area (Å²) in [5, 5.41) is 15.3. The minimum Gasteiger partial charge on any atom is -0.465 e. The number of nitrogens with zero attached hydrogens (tertiary/aromatic N) is 5. The molecule has 3 atom stereocenters. The molecule has 4 aliphatic heterocycles. The maximum Gasteiger partial charge on any atom is 0.407 e. The number of piperidine rings is 2. The molecule has 4 amide bonds. The summed E-state index contributed by atoms with van der Waals surface area (Å²) >= 11 is 8.75. The minimum absolute atomic E-state index is 0.00704. The van der Waals surface area contributed by atoms with Crippen molar-refractivity contribution in [2.75, 3.05) is 58.2 Å². The van der Waals surface area contributed by atoms with Gasteiger partial charge in [-0.3, -0.25) is 9.69 Å². The molecule has 0 spiro atoms. The number of carboxylic acid groups (broad SMARTS) is 1. The van der Waals surface area contributed by atoms with Crippen LogP contribution in [0.1, 0.15) is 36.1 Å². The molecular formula is C31H40Br2N6O4S. The van der Waals surface area contributed by atoms with E-state index in [2.05, 4.69) is 54.0 Å². The van der Waals surface area contributed by atoms with Crippen LogP contribution in [-0.4, -0.2) is 119 Å². The minimum atomic E-state index is -1.01. The summed E-state index contributed by atoms with van der Waals surface area (Å²) < 4.78 is 1.81. The van der Waals surface area contributed by atoms with Gasteiger partial charge < -0.3 is 30.0 Å². The molecule has 6 rings (SSSR count). The van der Waals surface area contributed by atoms with E-state index in [1.807, 2.05) is 39.4 Å².